The smallest absolute Gasteiger partial charge is 0.333 e. The molecule has 0 radical (unpaired) electrons. The molecule has 2 aromatic rings. The summed E-state index contributed by atoms with van der Waals surface area (Å²) < 4.78 is 38.1. The standard InChI is InChI=1S/C24H30N8O6S/c1-7-31(8-2)20-9-18(30-39(6,35)36)17(10-22(20)37-5)28-29-24-27-19(11-25)21(12-26)32(24)13-16(33)14-38-23(34)15(3)4/h9-10,16,30,33H,3,7-8,13-14H2,1-2,4-6H3/b29-28+. The summed E-state index contributed by atoms with van der Waals surface area (Å²) in [4.78, 5) is 17.6. The average molecular weight is 559 g/mol. The number of nitriles is 2. The number of rotatable bonds is 13. The van der Waals surface area contributed by atoms with Crippen LogP contribution in [0.3, 0.4) is 0 Å². The molecule has 0 fully saturated rings. The second-order valence-electron chi connectivity index (χ2n) is 8.26. The van der Waals surface area contributed by atoms with Gasteiger partial charge in [0, 0.05) is 24.7 Å². The van der Waals surface area contributed by atoms with Crippen molar-refractivity contribution in [1.82, 2.24) is 9.55 Å². The van der Waals surface area contributed by atoms with Crippen LogP contribution in [0.15, 0.2) is 34.5 Å². The van der Waals surface area contributed by atoms with Gasteiger partial charge in [-0.2, -0.15) is 15.5 Å². The number of esters is 1. The highest BCUT2D eigenvalue weighted by Crippen LogP contribution is 2.39. The lowest BCUT2D eigenvalue weighted by molar-refractivity contribution is -0.142. The molecule has 1 aromatic carbocycles. The molecule has 0 aliphatic heterocycles. The van der Waals surface area contributed by atoms with E-state index in [0.29, 0.717) is 24.5 Å². The molecule has 14 nitrogen and oxygen atoms in total. The Balaban J connectivity index is 2.58. The molecule has 2 N–H and O–H groups in total. The number of methoxy groups -OCH3 is 1. The number of nitrogens with one attached hydrogen (secondary N) is 1. The highest BCUT2D eigenvalue weighted by atomic mass is 32.2. The maximum absolute atomic E-state index is 12.1. The molecular formula is C24H30N8O6S. The third-order valence-corrected chi connectivity index (χ3v) is 5.84. The molecule has 0 aliphatic carbocycles. The van der Waals surface area contributed by atoms with Crippen LogP contribution in [-0.4, -0.2) is 68.2 Å². The third kappa shape index (κ3) is 8.00. The summed E-state index contributed by atoms with van der Waals surface area (Å²) in [6.07, 6.45) is -0.298. The van der Waals surface area contributed by atoms with Crippen molar-refractivity contribution in [2.45, 2.75) is 33.4 Å². The maximum Gasteiger partial charge on any atom is 0.333 e. The van der Waals surface area contributed by atoms with Crippen LogP contribution in [0.2, 0.25) is 0 Å². The molecule has 1 atom stereocenters. The SMILES string of the molecule is C=C(C)C(=O)OCC(O)Cn1c(/N=N/c2cc(OC)c(N(CC)CC)cc2NS(C)(=O)=O)nc(C#N)c1C#N. The van der Waals surface area contributed by atoms with Gasteiger partial charge in [0.05, 0.1) is 31.3 Å². The van der Waals surface area contributed by atoms with Crippen molar-refractivity contribution in [3.63, 3.8) is 0 Å². The first-order valence-corrected chi connectivity index (χ1v) is 13.6. The van der Waals surface area contributed by atoms with Gasteiger partial charge in [-0.25, -0.2) is 13.2 Å². The molecule has 0 spiro atoms. The highest BCUT2D eigenvalue weighted by Gasteiger charge is 2.22. The number of ether oxygens (including phenoxy) is 2. The van der Waals surface area contributed by atoms with Crippen molar-refractivity contribution in [1.29, 1.82) is 10.5 Å². The van der Waals surface area contributed by atoms with Crippen LogP contribution in [0.4, 0.5) is 23.0 Å². The summed E-state index contributed by atoms with van der Waals surface area (Å²) >= 11 is 0. The Bertz CT molecular complexity index is 1450. The van der Waals surface area contributed by atoms with Gasteiger partial charge in [0.15, 0.2) is 11.4 Å². The normalized spacial score (nSPS) is 11.9. The summed E-state index contributed by atoms with van der Waals surface area (Å²) in [7, 11) is -2.25. The third-order valence-electron chi connectivity index (χ3n) is 5.25. The van der Waals surface area contributed by atoms with Crippen molar-refractivity contribution in [3.8, 4) is 17.9 Å². The van der Waals surface area contributed by atoms with Gasteiger partial charge in [0.2, 0.25) is 10.0 Å². The van der Waals surface area contributed by atoms with E-state index in [1.54, 1.807) is 12.1 Å². The number of aliphatic hydroxyl groups excluding tert-OH is 1. The van der Waals surface area contributed by atoms with E-state index in [4.69, 9.17) is 9.47 Å². The van der Waals surface area contributed by atoms with E-state index >= 15 is 0 Å². The second kappa shape index (κ2) is 13.4. The zero-order valence-corrected chi connectivity index (χ0v) is 23.1. The fourth-order valence-corrected chi connectivity index (χ4v) is 4.00. The fourth-order valence-electron chi connectivity index (χ4n) is 3.44. The number of hydrogen-bond donors (Lipinski definition) is 2. The number of carbonyl (C=O) groups excluding carboxylic acids is 1. The number of anilines is 2. The van der Waals surface area contributed by atoms with E-state index in [2.05, 4.69) is 26.5 Å². The van der Waals surface area contributed by atoms with E-state index in [1.807, 2.05) is 24.8 Å². The molecule has 0 amide bonds. The zero-order chi connectivity index (χ0) is 29.3. The van der Waals surface area contributed by atoms with Crippen molar-refractivity contribution in [2.24, 2.45) is 10.2 Å². The van der Waals surface area contributed by atoms with Gasteiger partial charge in [-0.05, 0) is 26.8 Å². The molecule has 1 aromatic heterocycles. The van der Waals surface area contributed by atoms with Crippen LogP contribution in [0.1, 0.15) is 32.2 Å². The summed E-state index contributed by atoms with van der Waals surface area (Å²) in [5.74, 6) is -0.517. The van der Waals surface area contributed by atoms with Crippen molar-refractivity contribution in [3.05, 3.63) is 35.7 Å². The number of imidazole rings is 1. The number of benzene rings is 1. The number of aromatic nitrogens is 2. The zero-order valence-electron chi connectivity index (χ0n) is 22.3. The Hall–Kier alpha value is -4.47. The van der Waals surface area contributed by atoms with Gasteiger partial charge in [0.25, 0.3) is 5.95 Å². The molecular weight excluding hydrogens is 528 g/mol. The lowest BCUT2D eigenvalue weighted by atomic mass is 10.2. The van der Waals surface area contributed by atoms with Crippen LogP contribution in [-0.2, 0) is 26.1 Å². The van der Waals surface area contributed by atoms with Crippen molar-refractivity contribution in [2.75, 3.05) is 42.7 Å². The van der Waals surface area contributed by atoms with Crippen LogP contribution >= 0.6 is 0 Å². The van der Waals surface area contributed by atoms with Crippen LogP contribution < -0.4 is 14.4 Å². The highest BCUT2D eigenvalue weighted by molar-refractivity contribution is 7.92. The van der Waals surface area contributed by atoms with Gasteiger partial charge in [-0.3, -0.25) is 9.29 Å². The number of azo groups is 1. The number of sulfonamides is 1. The van der Waals surface area contributed by atoms with E-state index in [9.17, 15) is 28.8 Å². The number of hydrogen-bond acceptors (Lipinski definition) is 12. The van der Waals surface area contributed by atoms with E-state index in [-0.39, 0.29) is 40.8 Å². The van der Waals surface area contributed by atoms with Gasteiger partial charge >= 0.3 is 5.97 Å². The molecule has 2 rings (SSSR count). The topological polar surface area (TPSA) is 195 Å². The lowest BCUT2D eigenvalue weighted by Gasteiger charge is -2.24. The van der Waals surface area contributed by atoms with E-state index < -0.39 is 28.7 Å². The van der Waals surface area contributed by atoms with Crippen molar-refractivity contribution < 1.29 is 27.8 Å². The lowest BCUT2D eigenvalue weighted by Crippen LogP contribution is -2.24. The fraction of sp³-hybridized carbons (Fsp3) is 0.417. The molecule has 1 heterocycles. The Morgan fingerprint density at radius 1 is 1.28 bits per heavy atom. The quantitative estimate of drug-likeness (QED) is 0.209. The summed E-state index contributed by atoms with van der Waals surface area (Å²) in [6.45, 7) is 9.31. The first kappa shape index (κ1) is 30.8. The molecule has 0 saturated heterocycles. The second-order valence-corrected chi connectivity index (χ2v) is 10.0. The molecule has 0 bridgehead atoms. The van der Waals surface area contributed by atoms with E-state index in [0.717, 1.165) is 10.8 Å². The van der Waals surface area contributed by atoms with Gasteiger partial charge in [-0.15, -0.1) is 10.2 Å². The first-order chi connectivity index (χ1) is 18.4. The average Bonchev–Trinajstić information content (AvgIpc) is 3.22. The largest absolute Gasteiger partial charge is 0.494 e. The number of nitrogens with zero attached hydrogens (tertiary/aromatic N) is 7. The molecule has 39 heavy (non-hydrogen) atoms. The van der Waals surface area contributed by atoms with Gasteiger partial charge in [-0.1, -0.05) is 6.58 Å². The monoisotopic (exact) mass is 558 g/mol. The minimum absolute atomic E-state index is 0.0654. The van der Waals surface area contributed by atoms with Gasteiger partial charge < -0.3 is 19.5 Å². The predicted octanol–water partition coefficient (Wildman–Crippen LogP) is 2.75. The molecule has 0 aliphatic rings. The summed E-state index contributed by atoms with van der Waals surface area (Å²) in [5, 5.41) is 37.6. The molecule has 208 valence electrons. The molecule has 15 heteroatoms. The summed E-state index contributed by atoms with van der Waals surface area (Å²) in [6, 6.07) is 6.68. The Morgan fingerprint density at radius 3 is 2.46 bits per heavy atom. The number of aliphatic hydroxyl groups is 1. The first-order valence-electron chi connectivity index (χ1n) is 11.7. The maximum atomic E-state index is 12.1. The Labute approximate surface area is 226 Å². The minimum Gasteiger partial charge on any atom is -0.494 e. The Kier molecular flexibility index (Phi) is 10.5. The predicted molar refractivity (Wildman–Crippen MR) is 143 cm³/mol. The minimum atomic E-state index is -3.71. The van der Waals surface area contributed by atoms with Crippen LogP contribution in [0, 0.1) is 22.7 Å². The molecule has 0 saturated carbocycles. The number of carbonyl (C=O) groups is 1. The van der Waals surface area contributed by atoms with Crippen LogP contribution in [0.5, 0.6) is 5.75 Å². The van der Waals surface area contributed by atoms with Gasteiger partial charge in [0.1, 0.15) is 36.3 Å². The van der Waals surface area contributed by atoms with Crippen molar-refractivity contribution >= 4 is 39.0 Å². The van der Waals surface area contributed by atoms with E-state index in [1.165, 1.54) is 20.1 Å². The van der Waals surface area contributed by atoms with Crippen LogP contribution in [0.25, 0.3) is 0 Å². The summed E-state index contributed by atoms with van der Waals surface area (Å²) in [5.41, 5.74) is 0.484. The molecule has 1 unspecified atom stereocenters. The Morgan fingerprint density at radius 2 is 1.95 bits per heavy atom.